The molecule has 0 fully saturated rings. The van der Waals surface area contributed by atoms with Gasteiger partial charge in [-0.25, -0.2) is 9.13 Å². The van der Waals surface area contributed by atoms with E-state index in [0.717, 1.165) is 47.2 Å². The molecule has 0 bridgehead atoms. The maximum absolute atomic E-state index is 6.50. The fourth-order valence-electron chi connectivity index (χ4n) is 4.95. The Kier molecular flexibility index (Phi) is 8.51. The molecular formula is C35H41N2O2+. The molecule has 0 radical (unpaired) electrons. The van der Waals surface area contributed by atoms with Crippen molar-refractivity contribution in [3.63, 3.8) is 0 Å². The van der Waals surface area contributed by atoms with Crippen molar-refractivity contribution in [1.29, 1.82) is 0 Å². The van der Waals surface area contributed by atoms with Gasteiger partial charge in [-0.15, -0.1) is 0 Å². The molecule has 0 aliphatic rings. The predicted molar refractivity (Wildman–Crippen MR) is 161 cm³/mol. The third kappa shape index (κ3) is 6.81. The molecule has 5 aromatic rings. The largest absolute Gasteiger partial charge is 0.493 e. The number of hydrogen-bond donors (Lipinski definition) is 0. The number of imidazole rings is 1. The van der Waals surface area contributed by atoms with E-state index >= 15 is 0 Å². The summed E-state index contributed by atoms with van der Waals surface area (Å²) in [6.45, 7) is 11.9. The topological polar surface area (TPSA) is 27.3 Å². The highest BCUT2D eigenvalue weighted by atomic mass is 16.5. The molecule has 0 aliphatic carbocycles. The number of aromatic nitrogens is 2. The first-order chi connectivity index (χ1) is 19.0. The molecule has 1 heterocycles. The van der Waals surface area contributed by atoms with E-state index in [1.54, 1.807) is 0 Å². The van der Waals surface area contributed by atoms with Gasteiger partial charge in [0.05, 0.1) is 13.2 Å². The lowest BCUT2D eigenvalue weighted by atomic mass is 10.0. The Hall–Kier alpha value is -3.79. The van der Waals surface area contributed by atoms with Crippen LogP contribution in [-0.2, 0) is 13.1 Å². The average Bonchev–Trinajstić information content (AvgIpc) is 3.36. The lowest BCUT2D eigenvalue weighted by Crippen LogP contribution is -2.31. The van der Waals surface area contributed by atoms with Gasteiger partial charge < -0.3 is 9.47 Å². The SMILES string of the molecule is CC(C)CCOc1cc(Cn2cc[n+](Cc3ccc4ccccc4c3)c2)c(OCCC(C)C)c2ccccc12. The highest BCUT2D eigenvalue weighted by Crippen LogP contribution is 2.38. The zero-order chi connectivity index (χ0) is 27.2. The smallest absolute Gasteiger partial charge is 0.244 e. The summed E-state index contributed by atoms with van der Waals surface area (Å²) in [4.78, 5) is 0. The van der Waals surface area contributed by atoms with Gasteiger partial charge >= 0.3 is 0 Å². The Labute approximate surface area is 232 Å². The molecule has 5 rings (SSSR count). The van der Waals surface area contributed by atoms with Gasteiger partial charge in [-0.1, -0.05) is 88.4 Å². The molecule has 4 nitrogen and oxygen atoms in total. The van der Waals surface area contributed by atoms with Gasteiger partial charge in [0.25, 0.3) is 0 Å². The standard InChI is InChI=1S/C35H41N2O2/c1-26(2)15-19-38-34-22-31(35(39-20-16-27(3)4)33-12-8-7-11-32(33)34)24-37-18-17-36(25-37)23-28-13-14-29-9-5-6-10-30(29)21-28/h5-14,17-18,21-22,25-27H,15-16,19-20,23-24H2,1-4H3/q+1. The quantitative estimate of drug-likeness (QED) is 0.155. The van der Waals surface area contributed by atoms with Crippen molar-refractivity contribution in [3.05, 3.63) is 103 Å². The minimum Gasteiger partial charge on any atom is -0.493 e. The average molecular weight is 522 g/mol. The van der Waals surface area contributed by atoms with Crippen LogP contribution in [0, 0.1) is 11.8 Å². The first kappa shape index (κ1) is 26.8. The van der Waals surface area contributed by atoms with E-state index in [2.05, 4.69) is 128 Å². The summed E-state index contributed by atoms with van der Waals surface area (Å²) in [5.41, 5.74) is 2.44. The molecule has 4 aromatic carbocycles. The third-order valence-corrected chi connectivity index (χ3v) is 7.21. The lowest BCUT2D eigenvalue weighted by Gasteiger charge is -2.18. The Bertz CT molecular complexity index is 1530. The third-order valence-electron chi connectivity index (χ3n) is 7.21. The van der Waals surface area contributed by atoms with Crippen LogP contribution in [0.4, 0.5) is 0 Å². The van der Waals surface area contributed by atoms with E-state index in [1.807, 2.05) is 0 Å². The first-order valence-electron chi connectivity index (χ1n) is 14.3. The molecule has 39 heavy (non-hydrogen) atoms. The summed E-state index contributed by atoms with van der Waals surface area (Å²) in [6.07, 6.45) is 8.53. The van der Waals surface area contributed by atoms with Crippen LogP contribution < -0.4 is 14.0 Å². The fourth-order valence-corrected chi connectivity index (χ4v) is 4.95. The van der Waals surface area contributed by atoms with E-state index in [4.69, 9.17) is 9.47 Å². The van der Waals surface area contributed by atoms with Crippen molar-refractivity contribution in [2.45, 2.75) is 53.6 Å². The van der Waals surface area contributed by atoms with Gasteiger partial charge in [0, 0.05) is 16.3 Å². The van der Waals surface area contributed by atoms with Crippen molar-refractivity contribution >= 4 is 21.5 Å². The number of ether oxygens (including phenoxy) is 2. The second kappa shape index (κ2) is 12.4. The number of nitrogens with zero attached hydrogens (tertiary/aromatic N) is 2. The van der Waals surface area contributed by atoms with Gasteiger partial charge in [-0.05, 0) is 53.1 Å². The second-order valence-electron chi connectivity index (χ2n) is 11.4. The monoisotopic (exact) mass is 521 g/mol. The minimum absolute atomic E-state index is 0.594. The van der Waals surface area contributed by atoms with Crippen LogP contribution in [0.25, 0.3) is 21.5 Å². The van der Waals surface area contributed by atoms with E-state index in [0.29, 0.717) is 31.6 Å². The predicted octanol–water partition coefficient (Wildman–Crippen LogP) is 8.03. The highest BCUT2D eigenvalue weighted by molar-refractivity contribution is 5.94. The molecule has 0 N–H and O–H groups in total. The van der Waals surface area contributed by atoms with E-state index in [1.165, 1.54) is 16.3 Å². The first-order valence-corrected chi connectivity index (χ1v) is 14.3. The minimum atomic E-state index is 0.594. The van der Waals surface area contributed by atoms with Crippen molar-refractivity contribution in [2.24, 2.45) is 11.8 Å². The van der Waals surface area contributed by atoms with Crippen molar-refractivity contribution in [2.75, 3.05) is 13.2 Å². The Balaban J connectivity index is 1.42. The van der Waals surface area contributed by atoms with Crippen molar-refractivity contribution in [1.82, 2.24) is 4.57 Å². The summed E-state index contributed by atoms with van der Waals surface area (Å²) < 4.78 is 17.3. The highest BCUT2D eigenvalue weighted by Gasteiger charge is 2.18. The summed E-state index contributed by atoms with van der Waals surface area (Å²) in [6, 6.07) is 25.9. The molecule has 0 unspecified atom stereocenters. The molecule has 0 saturated carbocycles. The maximum atomic E-state index is 6.50. The normalized spacial score (nSPS) is 11.6. The lowest BCUT2D eigenvalue weighted by molar-refractivity contribution is -0.687. The Morgan fingerprint density at radius 3 is 2.21 bits per heavy atom. The molecule has 0 amide bonds. The summed E-state index contributed by atoms with van der Waals surface area (Å²) in [5, 5.41) is 4.79. The number of fused-ring (bicyclic) bond motifs is 2. The molecule has 1 aromatic heterocycles. The van der Waals surface area contributed by atoms with Gasteiger partial charge in [0.2, 0.25) is 6.33 Å². The molecule has 0 spiro atoms. The molecule has 0 atom stereocenters. The number of hydrogen-bond acceptors (Lipinski definition) is 2. The van der Waals surface area contributed by atoms with Crippen LogP contribution in [0.5, 0.6) is 11.5 Å². The number of benzene rings is 4. The maximum Gasteiger partial charge on any atom is 0.244 e. The molecule has 202 valence electrons. The Morgan fingerprint density at radius 1 is 0.744 bits per heavy atom. The zero-order valence-electron chi connectivity index (χ0n) is 23.8. The van der Waals surface area contributed by atoms with Crippen molar-refractivity contribution in [3.8, 4) is 11.5 Å². The van der Waals surface area contributed by atoms with E-state index in [-0.39, 0.29) is 0 Å². The van der Waals surface area contributed by atoms with Crippen LogP contribution >= 0.6 is 0 Å². The summed E-state index contributed by atoms with van der Waals surface area (Å²) in [7, 11) is 0. The van der Waals surface area contributed by atoms with Crippen LogP contribution in [0.1, 0.15) is 51.7 Å². The van der Waals surface area contributed by atoms with Crippen LogP contribution in [0.15, 0.2) is 91.5 Å². The van der Waals surface area contributed by atoms with Gasteiger partial charge in [0.1, 0.15) is 37.0 Å². The van der Waals surface area contributed by atoms with E-state index < -0.39 is 0 Å². The van der Waals surface area contributed by atoms with E-state index in [9.17, 15) is 0 Å². The number of rotatable bonds is 12. The molecular weight excluding hydrogens is 480 g/mol. The molecule has 0 saturated heterocycles. The summed E-state index contributed by atoms with van der Waals surface area (Å²) in [5.74, 6) is 3.11. The zero-order valence-corrected chi connectivity index (χ0v) is 23.8. The summed E-state index contributed by atoms with van der Waals surface area (Å²) >= 11 is 0. The van der Waals surface area contributed by atoms with Crippen LogP contribution in [0.3, 0.4) is 0 Å². The van der Waals surface area contributed by atoms with Crippen molar-refractivity contribution < 1.29 is 14.0 Å². The molecule has 0 aliphatic heterocycles. The molecule has 4 heteroatoms. The Morgan fingerprint density at radius 2 is 1.44 bits per heavy atom. The van der Waals surface area contributed by atoms with Gasteiger partial charge in [-0.2, -0.15) is 0 Å². The van der Waals surface area contributed by atoms with Crippen LogP contribution in [0.2, 0.25) is 0 Å². The van der Waals surface area contributed by atoms with Gasteiger partial charge in [-0.3, -0.25) is 0 Å². The van der Waals surface area contributed by atoms with Crippen LogP contribution in [-0.4, -0.2) is 17.8 Å². The fraction of sp³-hybridized carbons (Fsp3) is 0.343. The van der Waals surface area contributed by atoms with Gasteiger partial charge in [0.15, 0.2) is 0 Å². The second-order valence-corrected chi connectivity index (χ2v) is 11.4.